The normalized spacial score (nSPS) is 18.4. The lowest BCUT2D eigenvalue weighted by atomic mass is 9.72. The summed E-state index contributed by atoms with van der Waals surface area (Å²) >= 11 is 0. The number of anilines is 2. The highest BCUT2D eigenvalue weighted by Crippen LogP contribution is 2.41. The Bertz CT molecular complexity index is 1250. The summed E-state index contributed by atoms with van der Waals surface area (Å²) < 4.78 is 20.0. The highest BCUT2D eigenvalue weighted by molar-refractivity contribution is 5.93. The Morgan fingerprint density at radius 1 is 1.26 bits per heavy atom. The minimum Gasteiger partial charge on any atom is -0.496 e. The Kier molecular flexibility index (Phi) is 6.91. The number of nitrogens with zero attached hydrogens (tertiary/aromatic N) is 2. The number of fused-ring (bicyclic) bond motifs is 2. The Morgan fingerprint density at radius 3 is 2.74 bits per heavy atom. The van der Waals surface area contributed by atoms with Crippen LogP contribution in [0.4, 0.5) is 15.9 Å². The summed E-state index contributed by atoms with van der Waals surface area (Å²) in [6, 6.07) is 7.41. The third-order valence-electron chi connectivity index (χ3n) is 6.70. The maximum atomic E-state index is 14.3. The molecule has 1 aromatic heterocycles. The molecule has 0 bridgehead atoms. The molecule has 2 aromatic carbocycles. The highest BCUT2D eigenvalue weighted by Gasteiger charge is 2.28. The largest absolute Gasteiger partial charge is 0.496 e. The molecule has 176 valence electrons. The molecule has 1 fully saturated rings. The number of rotatable bonds is 6. The van der Waals surface area contributed by atoms with Gasteiger partial charge in [-0.25, -0.2) is 14.4 Å². The number of carbonyl (C=O) groups is 1. The van der Waals surface area contributed by atoms with Crippen LogP contribution in [0.2, 0.25) is 0 Å². The average Bonchev–Trinajstić information content (AvgIpc) is 3.20. The van der Waals surface area contributed by atoms with E-state index in [0.717, 1.165) is 64.1 Å². The van der Waals surface area contributed by atoms with E-state index in [2.05, 4.69) is 46.3 Å². The fourth-order valence-corrected chi connectivity index (χ4v) is 4.94. The third kappa shape index (κ3) is 4.51. The smallest absolute Gasteiger partial charge is 0.204 e. The maximum absolute atomic E-state index is 14.3. The van der Waals surface area contributed by atoms with Crippen LogP contribution in [0.3, 0.4) is 0 Å². The van der Waals surface area contributed by atoms with Crippen LogP contribution in [0.5, 0.6) is 5.75 Å². The van der Waals surface area contributed by atoms with Crippen LogP contribution >= 0.6 is 0 Å². The molecule has 0 aliphatic heterocycles. The van der Waals surface area contributed by atoms with E-state index in [1.54, 1.807) is 19.5 Å². The number of primary amides is 1. The number of allylic oxidation sites excluding steroid dienone is 2. The van der Waals surface area contributed by atoms with Crippen LogP contribution in [0, 0.1) is 17.7 Å². The topological polar surface area (TPSA) is 90.1 Å². The van der Waals surface area contributed by atoms with E-state index in [-0.39, 0.29) is 12.2 Å². The number of aromatic nitrogens is 2. The number of ether oxygens (including phenoxy) is 1. The summed E-state index contributed by atoms with van der Waals surface area (Å²) in [5, 5.41) is 4.38. The zero-order valence-electron chi connectivity index (χ0n) is 19.3. The van der Waals surface area contributed by atoms with Crippen LogP contribution in [0.15, 0.2) is 49.8 Å². The number of nitrogens with one attached hydrogen (secondary N) is 1. The predicted octanol–water partition coefficient (Wildman–Crippen LogP) is 5.34. The lowest BCUT2D eigenvalue weighted by Gasteiger charge is -2.33. The van der Waals surface area contributed by atoms with Gasteiger partial charge in [0.1, 0.15) is 23.7 Å². The van der Waals surface area contributed by atoms with E-state index in [0.29, 0.717) is 17.4 Å². The van der Waals surface area contributed by atoms with Crippen LogP contribution in [0.25, 0.3) is 16.5 Å². The lowest BCUT2D eigenvalue weighted by molar-refractivity contribution is -0.106. The average molecular weight is 461 g/mol. The number of hydrogen-bond acceptors (Lipinski definition) is 5. The van der Waals surface area contributed by atoms with Gasteiger partial charge in [0.25, 0.3) is 0 Å². The standard InChI is InChI=1S/C26H26FN3O.CH3NO/c1-4-16-9-17(10-16)11-18-12-20-23(13-24(18)31-3)28-14-29-26(20)30-22-8-7-21(27)25-15(2)5-6-19(22)25;2-1-3/h4,7-8,12-14,16-17H,1-2,5-6,9-11H2,3H3,(H,28,29,30);1H,(H2,2,3). The summed E-state index contributed by atoms with van der Waals surface area (Å²) in [7, 11) is 1.70. The molecular formula is C27H29FN4O2. The molecule has 6 nitrogen and oxygen atoms in total. The van der Waals surface area contributed by atoms with Gasteiger partial charge in [0.05, 0.1) is 12.6 Å². The molecule has 7 heteroatoms. The van der Waals surface area contributed by atoms with Crippen LogP contribution in [-0.2, 0) is 17.6 Å². The van der Waals surface area contributed by atoms with Gasteiger partial charge in [0, 0.05) is 22.7 Å². The summed E-state index contributed by atoms with van der Waals surface area (Å²) in [4.78, 5) is 17.5. The Hall–Kier alpha value is -3.74. The fourth-order valence-electron chi connectivity index (χ4n) is 4.94. The molecule has 34 heavy (non-hydrogen) atoms. The van der Waals surface area contributed by atoms with Gasteiger partial charge in [-0.2, -0.15) is 0 Å². The van der Waals surface area contributed by atoms with Crippen molar-refractivity contribution in [2.75, 3.05) is 12.4 Å². The van der Waals surface area contributed by atoms with Crippen LogP contribution in [-0.4, -0.2) is 23.5 Å². The fraction of sp³-hybridized carbons (Fsp3) is 0.296. The number of amides is 1. The second-order valence-corrected chi connectivity index (χ2v) is 8.75. The van der Waals surface area contributed by atoms with E-state index in [4.69, 9.17) is 9.53 Å². The van der Waals surface area contributed by atoms with Crippen molar-refractivity contribution in [1.82, 2.24) is 9.97 Å². The molecule has 3 aromatic rings. The summed E-state index contributed by atoms with van der Waals surface area (Å²) in [5.41, 5.74) is 9.49. The van der Waals surface area contributed by atoms with Crippen molar-refractivity contribution < 1.29 is 13.9 Å². The van der Waals surface area contributed by atoms with Crippen molar-refractivity contribution in [3.63, 3.8) is 0 Å². The predicted molar refractivity (Wildman–Crippen MR) is 133 cm³/mol. The van der Waals surface area contributed by atoms with Gasteiger partial charge in [-0.15, -0.1) is 6.58 Å². The summed E-state index contributed by atoms with van der Waals surface area (Å²) in [6.45, 7) is 7.93. The first-order valence-corrected chi connectivity index (χ1v) is 11.3. The molecule has 0 atom stereocenters. The van der Waals surface area contributed by atoms with E-state index in [1.807, 2.05) is 6.07 Å². The summed E-state index contributed by atoms with van der Waals surface area (Å²) in [5.74, 6) is 2.64. The molecular weight excluding hydrogens is 431 g/mol. The van der Waals surface area contributed by atoms with Gasteiger partial charge in [0.15, 0.2) is 0 Å². The summed E-state index contributed by atoms with van der Waals surface area (Å²) in [6.07, 6.45) is 8.72. The van der Waals surface area contributed by atoms with Crippen LogP contribution in [0.1, 0.15) is 36.0 Å². The Labute approximate surface area is 198 Å². The quantitative estimate of drug-likeness (QED) is 0.383. The molecule has 2 aliphatic rings. The first-order valence-electron chi connectivity index (χ1n) is 11.3. The number of carbonyl (C=O) groups excluding carboxylic acids is 1. The zero-order chi connectivity index (χ0) is 24.2. The number of methoxy groups -OCH3 is 1. The van der Waals surface area contributed by atoms with E-state index in [1.165, 1.54) is 18.9 Å². The maximum Gasteiger partial charge on any atom is 0.204 e. The van der Waals surface area contributed by atoms with E-state index < -0.39 is 0 Å². The van der Waals surface area contributed by atoms with Crippen molar-refractivity contribution in [1.29, 1.82) is 0 Å². The van der Waals surface area contributed by atoms with Gasteiger partial charge in [-0.05, 0) is 78.8 Å². The second-order valence-electron chi connectivity index (χ2n) is 8.75. The van der Waals surface area contributed by atoms with Crippen molar-refractivity contribution >= 4 is 34.4 Å². The van der Waals surface area contributed by atoms with Crippen LogP contribution < -0.4 is 15.8 Å². The van der Waals surface area contributed by atoms with Gasteiger partial charge in [-0.3, -0.25) is 4.79 Å². The molecule has 2 aliphatic carbocycles. The van der Waals surface area contributed by atoms with Crippen molar-refractivity contribution in [2.45, 2.75) is 32.1 Å². The van der Waals surface area contributed by atoms with E-state index >= 15 is 0 Å². The first-order chi connectivity index (χ1) is 16.5. The first kappa shape index (κ1) is 23.4. The number of hydrogen-bond donors (Lipinski definition) is 2. The Morgan fingerprint density at radius 2 is 2.03 bits per heavy atom. The van der Waals surface area contributed by atoms with Crippen molar-refractivity contribution in [2.24, 2.45) is 17.6 Å². The molecule has 1 heterocycles. The third-order valence-corrected chi connectivity index (χ3v) is 6.70. The molecule has 5 rings (SSSR count). The monoisotopic (exact) mass is 460 g/mol. The number of benzene rings is 2. The molecule has 1 saturated carbocycles. The minimum atomic E-state index is -0.207. The zero-order valence-corrected chi connectivity index (χ0v) is 19.3. The van der Waals surface area contributed by atoms with Crippen molar-refractivity contribution in [3.8, 4) is 5.75 Å². The van der Waals surface area contributed by atoms with Gasteiger partial charge >= 0.3 is 0 Å². The van der Waals surface area contributed by atoms with Gasteiger partial charge in [0.2, 0.25) is 6.41 Å². The lowest BCUT2D eigenvalue weighted by Crippen LogP contribution is -2.23. The number of nitrogens with two attached hydrogens (primary N) is 1. The Balaban J connectivity index is 0.000000868. The molecule has 0 spiro atoms. The minimum absolute atomic E-state index is 0.207. The SMILES string of the molecule is C=CC1CC(Cc2cc3c(Nc4ccc(F)c5c4CCC5=C)ncnc3cc2OC)C1.NC=O. The molecule has 0 radical (unpaired) electrons. The van der Waals surface area contributed by atoms with E-state index in [9.17, 15) is 4.39 Å². The highest BCUT2D eigenvalue weighted by atomic mass is 19.1. The second kappa shape index (κ2) is 10.0. The molecule has 3 N–H and O–H groups in total. The van der Waals surface area contributed by atoms with Gasteiger partial charge < -0.3 is 15.8 Å². The van der Waals surface area contributed by atoms with Gasteiger partial charge in [-0.1, -0.05) is 12.7 Å². The molecule has 0 unspecified atom stereocenters. The number of halogens is 1. The van der Waals surface area contributed by atoms with Crippen molar-refractivity contribution in [3.05, 3.63) is 72.3 Å². The molecule has 1 amide bonds. The molecule has 0 saturated heterocycles.